The first-order valence-electron chi connectivity index (χ1n) is 8.62. The molecule has 8 heteroatoms. The van der Waals surface area contributed by atoms with E-state index < -0.39 is 23.6 Å². The second-order valence-electron chi connectivity index (χ2n) is 6.56. The fourth-order valence-electron chi connectivity index (χ4n) is 2.98. The van der Waals surface area contributed by atoms with E-state index in [0.717, 1.165) is 17.8 Å². The van der Waals surface area contributed by atoms with Crippen molar-refractivity contribution in [2.45, 2.75) is 19.5 Å². The fourth-order valence-corrected chi connectivity index (χ4v) is 2.98. The van der Waals surface area contributed by atoms with E-state index in [0.29, 0.717) is 5.69 Å². The van der Waals surface area contributed by atoms with Crippen LogP contribution in [0.2, 0.25) is 0 Å². The molecule has 1 saturated heterocycles. The van der Waals surface area contributed by atoms with Crippen LogP contribution < -0.4 is 10.3 Å². The second-order valence-corrected chi connectivity index (χ2v) is 6.56. The minimum Gasteiger partial charge on any atom is -0.312 e. The predicted molar refractivity (Wildman–Crippen MR) is 98.8 cm³/mol. The van der Waals surface area contributed by atoms with Crippen LogP contribution in [0.5, 0.6) is 0 Å². The summed E-state index contributed by atoms with van der Waals surface area (Å²) in [5, 5.41) is 3.64. The molecule has 0 radical (unpaired) electrons. The highest BCUT2D eigenvalue weighted by Gasteiger charge is 2.35. The zero-order valence-corrected chi connectivity index (χ0v) is 15.0. The maximum Gasteiger partial charge on any atom is 0.417 e. The largest absolute Gasteiger partial charge is 0.417 e. The van der Waals surface area contributed by atoms with Crippen LogP contribution in [0.15, 0.2) is 53.6 Å². The molecule has 0 bridgehead atoms. The van der Waals surface area contributed by atoms with Gasteiger partial charge < -0.3 is 4.90 Å². The maximum atomic E-state index is 13.0. The lowest BCUT2D eigenvalue weighted by Gasteiger charge is -2.16. The molecule has 5 nitrogen and oxygen atoms in total. The van der Waals surface area contributed by atoms with Gasteiger partial charge in [0.2, 0.25) is 11.8 Å². The molecule has 146 valence electrons. The lowest BCUT2D eigenvalue weighted by Crippen LogP contribution is -2.30. The lowest BCUT2D eigenvalue weighted by atomic mass is 10.1. The van der Waals surface area contributed by atoms with Crippen LogP contribution in [-0.2, 0) is 15.8 Å². The molecule has 1 atom stereocenters. The molecule has 1 fully saturated rings. The van der Waals surface area contributed by atoms with Crippen molar-refractivity contribution in [3.05, 3.63) is 65.2 Å². The van der Waals surface area contributed by atoms with Crippen molar-refractivity contribution >= 4 is 23.7 Å². The average Bonchev–Trinajstić information content (AvgIpc) is 3.04. The smallest absolute Gasteiger partial charge is 0.312 e. The number of hydrogen-bond acceptors (Lipinski definition) is 3. The van der Waals surface area contributed by atoms with E-state index in [1.54, 1.807) is 12.1 Å². The Kier molecular flexibility index (Phi) is 5.48. The van der Waals surface area contributed by atoms with Crippen LogP contribution in [0, 0.1) is 12.8 Å². The summed E-state index contributed by atoms with van der Waals surface area (Å²) in [4.78, 5) is 26.0. The number of carbonyl (C=O) groups is 2. The molecule has 1 heterocycles. The highest BCUT2D eigenvalue weighted by Crippen LogP contribution is 2.31. The van der Waals surface area contributed by atoms with Gasteiger partial charge in [-0.2, -0.15) is 18.3 Å². The van der Waals surface area contributed by atoms with Gasteiger partial charge in [-0.15, -0.1) is 0 Å². The van der Waals surface area contributed by atoms with E-state index >= 15 is 0 Å². The first-order chi connectivity index (χ1) is 13.3. The van der Waals surface area contributed by atoms with Crippen molar-refractivity contribution in [3.8, 4) is 0 Å². The number of carbonyl (C=O) groups excluding carboxylic acids is 2. The summed E-state index contributed by atoms with van der Waals surface area (Å²) in [6.45, 7) is 2.13. The average molecular weight is 389 g/mol. The first-order valence-corrected chi connectivity index (χ1v) is 8.62. The number of alkyl halides is 3. The Morgan fingerprint density at radius 3 is 2.54 bits per heavy atom. The molecule has 0 aliphatic carbocycles. The normalized spacial score (nSPS) is 17.4. The standard InChI is InChI=1S/C20H18F3N3O2/c1-13-6-8-16(9-7-13)26-12-15(10-18(26)27)19(28)25-24-11-14-4-2-3-5-17(14)20(21,22)23/h2-9,11,15H,10,12H2,1H3,(H,25,28)/b24-11+/t15-/m0/s1. The van der Waals surface area contributed by atoms with Crippen LogP contribution in [0.3, 0.4) is 0 Å². The Morgan fingerprint density at radius 2 is 1.86 bits per heavy atom. The molecule has 0 saturated carbocycles. The Labute approximate surface area is 159 Å². The number of aryl methyl sites for hydroxylation is 1. The van der Waals surface area contributed by atoms with E-state index in [2.05, 4.69) is 10.5 Å². The molecule has 28 heavy (non-hydrogen) atoms. The van der Waals surface area contributed by atoms with Gasteiger partial charge in [0.25, 0.3) is 0 Å². The predicted octanol–water partition coefficient (Wildman–Crippen LogP) is 3.52. The van der Waals surface area contributed by atoms with E-state index in [9.17, 15) is 22.8 Å². The molecule has 1 aliphatic rings. The molecular weight excluding hydrogens is 371 g/mol. The summed E-state index contributed by atoms with van der Waals surface area (Å²) >= 11 is 0. The second kappa shape index (κ2) is 7.84. The van der Waals surface area contributed by atoms with Crippen molar-refractivity contribution in [2.24, 2.45) is 11.0 Å². The van der Waals surface area contributed by atoms with Gasteiger partial charge >= 0.3 is 6.18 Å². The third-order valence-corrected chi connectivity index (χ3v) is 4.49. The van der Waals surface area contributed by atoms with Gasteiger partial charge in [0.05, 0.1) is 17.7 Å². The highest BCUT2D eigenvalue weighted by atomic mass is 19.4. The van der Waals surface area contributed by atoms with E-state index in [4.69, 9.17) is 0 Å². The Hall–Kier alpha value is -3.16. The molecule has 3 rings (SSSR count). The number of hydrogen-bond donors (Lipinski definition) is 1. The van der Waals surface area contributed by atoms with Crippen molar-refractivity contribution in [1.29, 1.82) is 0 Å². The minimum absolute atomic E-state index is 0.0222. The van der Waals surface area contributed by atoms with Gasteiger partial charge in [-0.05, 0) is 25.1 Å². The number of amides is 2. The summed E-state index contributed by atoms with van der Waals surface area (Å²) < 4.78 is 38.9. The first kappa shape index (κ1) is 19.6. The highest BCUT2D eigenvalue weighted by molar-refractivity contribution is 6.00. The zero-order valence-electron chi connectivity index (χ0n) is 15.0. The van der Waals surface area contributed by atoms with Crippen LogP contribution in [0.1, 0.15) is 23.1 Å². The molecule has 2 aromatic rings. The fraction of sp³-hybridized carbons (Fsp3) is 0.250. The molecule has 2 amide bonds. The topological polar surface area (TPSA) is 61.8 Å². The third kappa shape index (κ3) is 4.39. The molecule has 2 aromatic carbocycles. The van der Waals surface area contributed by atoms with Gasteiger partial charge in [-0.3, -0.25) is 9.59 Å². The Bertz CT molecular complexity index is 908. The van der Waals surface area contributed by atoms with Crippen molar-refractivity contribution in [3.63, 3.8) is 0 Å². The SMILES string of the molecule is Cc1ccc(N2C[C@@H](C(=O)N/N=C/c3ccccc3C(F)(F)F)CC2=O)cc1. The molecule has 0 aromatic heterocycles. The van der Waals surface area contributed by atoms with E-state index in [-0.39, 0.29) is 24.4 Å². The number of anilines is 1. The van der Waals surface area contributed by atoms with Crippen LogP contribution in [0.4, 0.5) is 18.9 Å². The number of nitrogens with zero attached hydrogens (tertiary/aromatic N) is 2. The molecule has 1 aliphatic heterocycles. The zero-order chi connectivity index (χ0) is 20.3. The van der Waals surface area contributed by atoms with Gasteiger partial charge in [0.1, 0.15) is 0 Å². The summed E-state index contributed by atoms with van der Waals surface area (Å²) in [6, 6.07) is 12.3. The van der Waals surface area contributed by atoms with Crippen LogP contribution >= 0.6 is 0 Å². The molecular formula is C20H18F3N3O2. The monoisotopic (exact) mass is 389 g/mol. The summed E-state index contributed by atoms with van der Waals surface area (Å²) in [7, 11) is 0. The quantitative estimate of drug-likeness (QED) is 0.643. The number of halogens is 3. The number of hydrazone groups is 1. The molecule has 1 N–H and O–H groups in total. The van der Waals surface area contributed by atoms with E-state index in [1.165, 1.54) is 23.1 Å². The summed E-state index contributed by atoms with van der Waals surface area (Å²) in [6.07, 6.45) is -3.54. The number of rotatable bonds is 4. The number of benzene rings is 2. The van der Waals surface area contributed by atoms with E-state index in [1.807, 2.05) is 19.1 Å². The van der Waals surface area contributed by atoms with Crippen molar-refractivity contribution in [2.75, 3.05) is 11.4 Å². The summed E-state index contributed by atoms with van der Waals surface area (Å²) in [5.74, 6) is -1.32. The third-order valence-electron chi connectivity index (χ3n) is 4.49. The number of nitrogens with one attached hydrogen (secondary N) is 1. The van der Waals surface area contributed by atoms with Crippen LogP contribution in [0.25, 0.3) is 0 Å². The van der Waals surface area contributed by atoms with Gasteiger partial charge in [-0.25, -0.2) is 5.43 Å². The Balaban J connectivity index is 1.64. The summed E-state index contributed by atoms with van der Waals surface area (Å²) in [5.41, 5.74) is 3.00. The van der Waals surface area contributed by atoms with Crippen molar-refractivity contribution in [1.82, 2.24) is 5.43 Å². The maximum absolute atomic E-state index is 13.0. The Morgan fingerprint density at radius 1 is 1.18 bits per heavy atom. The lowest BCUT2D eigenvalue weighted by molar-refractivity contribution is -0.137. The minimum atomic E-state index is -4.51. The molecule has 0 spiro atoms. The van der Waals surface area contributed by atoms with Gasteiger partial charge in [0.15, 0.2) is 0 Å². The van der Waals surface area contributed by atoms with Gasteiger partial charge in [-0.1, -0.05) is 35.9 Å². The van der Waals surface area contributed by atoms with Crippen molar-refractivity contribution < 1.29 is 22.8 Å². The molecule has 0 unspecified atom stereocenters. The van der Waals surface area contributed by atoms with Crippen LogP contribution in [-0.4, -0.2) is 24.6 Å². The van der Waals surface area contributed by atoms with Gasteiger partial charge in [0, 0.05) is 24.2 Å².